The van der Waals surface area contributed by atoms with Crippen molar-refractivity contribution >= 4 is 5.91 Å². The summed E-state index contributed by atoms with van der Waals surface area (Å²) in [7, 11) is 0. The van der Waals surface area contributed by atoms with Crippen LogP contribution < -0.4 is 11.5 Å². The second-order valence-corrected chi connectivity index (χ2v) is 3.29. The molecule has 1 unspecified atom stereocenters. The molecule has 0 aromatic carbocycles. The van der Waals surface area contributed by atoms with Crippen molar-refractivity contribution < 1.29 is 4.79 Å². The van der Waals surface area contributed by atoms with Crippen molar-refractivity contribution in [2.75, 3.05) is 0 Å². The number of carbonyl (C=O) groups excluding carboxylic acids is 1. The fraction of sp³-hybridized carbons (Fsp3) is 0.500. The lowest BCUT2D eigenvalue weighted by Crippen LogP contribution is -2.21. The van der Waals surface area contributed by atoms with Gasteiger partial charge in [0.15, 0.2) is 0 Å². The number of rotatable bonds is 1. The number of primary amides is 1. The quantitative estimate of drug-likeness (QED) is 0.626. The van der Waals surface area contributed by atoms with E-state index < -0.39 is 5.91 Å². The van der Waals surface area contributed by atoms with Crippen LogP contribution >= 0.6 is 0 Å². The summed E-state index contributed by atoms with van der Waals surface area (Å²) in [4.78, 5) is 10.8. The lowest BCUT2D eigenvalue weighted by molar-refractivity contribution is 0.0994. The van der Waals surface area contributed by atoms with Crippen LogP contribution in [0.25, 0.3) is 0 Å². The molecule has 1 amide bonds. The van der Waals surface area contributed by atoms with Crippen LogP contribution in [0.3, 0.4) is 0 Å². The SMILES string of the molecule is NC(=O)c1cc2n(n1)CCCC2N. The molecule has 0 radical (unpaired) electrons. The minimum atomic E-state index is -0.492. The van der Waals surface area contributed by atoms with E-state index >= 15 is 0 Å². The molecule has 0 saturated carbocycles. The smallest absolute Gasteiger partial charge is 0.269 e. The molecule has 5 heteroatoms. The Balaban J connectivity index is 2.42. The minimum Gasteiger partial charge on any atom is -0.364 e. The lowest BCUT2D eigenvalue weighted by Gasteiger charge is -2.19. The Bertz CT molecular complexity index is 344. The van der Waals surface area contributed by atoms with E-state index in [2.05, 4.69) is 5.10 Å². The molecule has 4 N–H and O–H groups in total. The first-order valence-electron chi connectivity index (χ1n) is 4.31. The van der Waals surface area contributed by atoms with Gasteiger partial charge in [-0.2, -0.15) is 5.10 Å². The first kappa shape index (κ1) is 8.25. The van der Waals surface area contributed by atoms with Crippen molar-refractivity contribution in [2.45, 2.75) is 25.4 Å². The molecule has 13 heavy (non-hydrogen) atoms. The zero-order valence-electron chi connectivity index (χ0n) is 7.23. The van der Waals surface area contributed by atoms with Crippen molar-refractivity contribution in [3.63, 3.8) is 0 Å². The van der Waals surface area contributed by atoms with Crippen LogP contribution in [0.2, 0.25) is 0 Å². The molecule has 5 nitrogen and oxygen atoms in total. The number of hydrogen-bond acceptors (Lipinski definition) is 3. The molecular formula is C8H12N4O. The molecule has 1 aliphatic heterocycles. The van der Waals surface area contributed by atoms with E-state index in [1.165, 1.54) is 0 Å². The van der Waals surface area contributed by atoms with Gasteiger partial charge in [0, 0.05) is 12.6 Å². The highest BCUT2D eigenvalue weighted by molar-refractivity contribution is 5.90. The molecule has 1 atom stereocenters. The van der Waals surface area contributed by atoms with Gasteiger partial charge in [0.25, 0.3) is 5.91 Å². The standard InChI is InChI=1S/C8H12N4O/c9-5-2-1-3-12-7(5)4-6(11-12)8(10)13/h4-5H,1-3,9H2,(H2,10,13). The van der Waals surface area contributed by atoms with Gasteiger partial charge in [0.05, 0.1) is 5.69 Å². The maximum atomic E-state index is 10.8. The lowest BCUT2D eigenvalue weighted by atomic mass is 10.1. The number of fused-ring (bicyclic) bond motifs is 1. The molecular weight excluding hydrogens is 168 g/mol. The Kier molecular flexibility index (Phi) is 1.81. The van der Waals surface area contributed by atoms with E-state index in [1.54, 1.807) is 10.7 Å². The maximum Gasteiger partial charge on any atom is 0.269 e. The van der Waals surface area contributed by atoms with E-state index in [0.717, 1.165) is 25.1 Å². The molecule has 1 aromatic heterocycles. The minimum absolute atomic E-state index is 0.00523. The first-order valence-corrected chi connectivity index (χ1v) is 4.31. The summed E-state index contributed by atoms with van der Waals surface area (Å²) in [6, 6.07) is 1.68. The van der Waals surface area contributed by atoms with Gasteiger partial charge < -0.3 is 11.5 Å². The van der Waals surface area contributed by atoms with E-state index in [0.29, 0.717) is 5.69 Å². The zero-order valence-corrected chi connectivity index (χ0v) is 7.23. The normalized spacial score (nSPS) is 21.2. The Hall–Kier alpha value is -1.36. The van der Waals surface area contributed by atoms with Gasteiger partial charge in [-0.3, -0.25) is 9.48 Å². The number of aryl methyl sites for hydroxylation is 1. The molecule has 0 fully saturated rings. The van der Waals surface area contributed by atoms with Crippen molar-refractivity contribution in [3.05, 3.63) is 17.5 Å². The second kappa shape index (κ2) is 2.85. The average Bonchev–Trinajstić information content (AvgIpc) is 2.49. The predicted octanol–water partition coefficient (Wildman–Crippen LogP) is -0.224. The fourth-order valence-electron chi connectivity index (χ4n) is 1.64. The molecule has 1 aliphatic rings. The van der Waals surface area contributed by atoms with Crippen molar-refractivity contribution in [1.29, 1.82) is 0 Å². The van der Waals surface area contributed by atoms with E-state index in [-0.39, 0.29) is 6.04 Å². The van der Waals surface area contributed by atoms with Gasteiger partial charge in [-0.25, -0.2) is 0 Å². The van der Waals surface area contributed by atoms with Gasteiger partial charge in [0.1, 0.15) is 5.69 Å². The van der Waals surface area contributed by atoms with Crippen LogP contribution in [-0.4, -0.2) is 15.7 Å². The summed E-state index contributed by atoms with van der Waals surface area (Å²) < 4.78 is 1.77. The van der Waals surface area contributed by atoms with Crippen LogP contribution in [0, 0.1) is 0 Å². The van der Waals surface area contributed by atoms with Crippen molar-refractivity contribution in [2.24, 2.45) is 11.5 Å². The molecule has 2 heterocycles. The number of nitrogens with zero attached hydrogens (tertiary/aromatic N) is 2. The largest absolute Gasteiger partial charge is 0.364 e. The van der Waals surface area contributed by atoms with Crippen LogP contribution in [-0.2, 0) is 6.54 Å². The van der Waals surface area contributed by atoms with Crippen LogP contribution in [0.4, 0.5) is 0 Å². The summed E-state index contributed by atoms with van der Waals surface area (Å²) in [6.45, 7) is 0.830. The third-order valence-electron chi connectivity index (χ3n) is 2.33. The Morgan fingerprint density at radius 2 is 2.46 bits per heavy atom. The summed E-state index contributed by atoms with van der Waals surface area (Å²) in [5.41, 5.74) is 12.2. The van der Waals surface area contributed by atoms with Crippen LogP contribution in [0.1, 0.15) is 35.1 Å². The van der Waals surface area contributed by atoms with Gasteiger partial charge in [0.2, 0.25) is 0 Å². The summed E-state index contributed by atoms with van der Waals surface area (Å²) >= 11 is 0. The molecule has 0 spiro atoms. The van der Waals surface area contributed by atoms with Crippen molar-refractivity contribution in [3.8, 4) is 0 Å². The highest BCUT2D eigenvalue weighted by Crippen LogP contribution is 2.22. The molecule has 1 aromatic rings. The third-order valence-corrected chi connectivity index (χ3v) is 2.33. The molecule has 0 saturated heterocycles. The number of aromatic nitrogens is 2. The topological polar surface area (TPSA) is 86.9 Å². The number of amides is 1. The Morgan fingerprint density at radius 1 is 1.69 bits per heavy atom. The first-order chi connectivity index (χ1) is 6.18. The number of hydrogen-bond donors (Lipinski definition) is 2. The predicted molar refractivity (Wildman–Crippen MR) is 46.9 cm³/mol. The maximum absolute atomic E-state index is 10.8. The highest BCUT2D eigenvalue weighted by Gasteiger charge is 2.20. The zero-order chi connectivity index (χ0) is 9.42. The van der Waals surface area contributed by atoms with E-state index in [4.69, 9.17) is 11.5 Å². The van der Waals surface area contributed by atoms with Gasteiger partial charge in [-0.05, 0) is 18.9 Å². The van der Waals surface area contributed by atoms with Crippen LogP contribution in [0.15, 0.2) is 6.07 Å². The van der Waals surface area contributed by atoms with E-state index in [1.807, 2.05) is 0 Å². The van der Waals surface area contributed by atoms with Crippen molar-refractivity contribution in [1.82, 2.24) is 9.78 Å². The number of nitrogens with two attached hydrogens (primary N) is 2. The molecule has 70 valence electrons. The Morgan fingerprint density at radius 3 is 3.08 bits per heavy atom. The number of carbonyl (C=O) groups is 1. The van der Waals surface area contributed by atoms with Gasteiger partial charge in [-0.1, -0.05) is 0 Å². The fourth-order valence-corrected chi connectivity index (χ4v) is 1.64. The average molecular weight is 180 g/mol. The summed E-state index contributed by atoms with van der Waals surface area (Å²) in [5, 5.41) is 4.06. The Labute approximate surface area is 75.7 Å². The summed E-state index contributed by atoms with van der Waals surface area (Å²) in [6.07, 6.45) is 1.96. The van der Waals surface area contributed by atoms with Gasteiger partial charge in [-0.15, -0.1) is 0 Å². The molecule has 0 bridgehead atoms. The highest BCUT2D eigenvalue weighted by atomic mass is 16.1. The molecule has 2 rings (SSSR count). The second-order valence-electron chi connectivity index (χ2n) is 3.29. The summed E-state index contributed by atoms with van der Waals surface area (Å²) in [5.74, 6) is -0.492. The molecule has 0 aliphatic carbocycles. The third kappa shape index (κ3) is 1.31. The van der Waals surface area contributed by atoms with E-state index in [9.17, 15) is 4.79 Å². The van der Waals surface area contributed by atoms with Gasteiger partial charge >= 0.3 is 0 Å². The monoisotopic (exact) mass is 180 g/mol. The van der Waals surface area contributed by atoms with Crippen LogP contribution in [0.5, 0.6) is 0 Å².